The summed E-state index contributed by atoms with van der Waals surface area (Å²) in [7, 11) is 1.40. The summed E-state index contributed by atoms with van der Waals surface area (Å²) in [5.41, 5.74) is -0.832. The number of thioether (sulfide) groups is 1. The number of aliphatic carboxylic acids is 1. The van der Waals surface area contributed by atoms with Crippen LogP contribution < -0.4 is 4.74 Å². The summed E-state index contributed by atoms with van der Waals surface area (Å²) in [6.07, 6.45) is 0. The molecule has 0 spiro atoms. The second-order valence-electron chi connectivity index (χ2n) is 4.27. The molecule has 0 radical (unpaired) electrons. The summed E-state index contributed by atoms with van der Waals surface area (Å²) in [6, 6.07) is 4.59. The third-order valence-corrected chi connectivity index (χ3v) is 3.76. The Kier molecular flexibility index (Phi) is 4.40. The number of benzene rings is 1. The zero-order chi connectivity index (χ0) is 13.1. The number of hydrogen-bond donors (Lipinski definition) is 1. The van der Waals surface area contributed by atoms with Crippen LogP contribution in [0, 0.1) is 11.2 Å². The van der Waals surface area contributed by atoms with Gasteiger partial charge in [-0.15, -0.1) is 11.8 Å². The number of hydrogen-bond acceptors (Lipinski definition) is 3. The van der Waals surface area contributed by atoms with Crippen LogP contribution in [-0.2, 0) is 4.79 Å². The molecule has 5 heteroatoms. The number of ether oxygens (including phenoxy) is 1. The zero-order valence-electron chi connectivity index (χ0n) is 9.99. The minimum absolute atomic E-state index is 0.187. The number of carboxylic acids is 1. The Morgan fingerprint density at radius 1 is 1.53 bits per heavy atom. The van der Waals surface area contributed by atoms with Gasteiger partial charge in [-0.05, 0) is 32.0 Å². The van der Waals surface area contributed by atoms with E-state index in [1.807, 2.05) is 0 Å². The van der Waals surface area contributed by atoms with Crippen molar-refractivity contribution < 1.29 is 19.0 Å². The van der Waals surface area contributed by atoms with E-state index in [-0.39, 0.29) is 5.75 Å². The summed E-state index contributed by atoms with van der Waals surface area (Å²) in [4.78, 5) is 11.6. The molecule has 0 saturated carbocycles. The van der Waals surface area contributed by atoms with E-state index in [0.717, 1.165) is 0 Å². The fourth-order valence-corrected chi connectivity index (χ4v) is 2.06. The van der Waals surface area contributed by atoms with Gasteiger partial charge in [-0.2, -0.15) is 0 Å². The molecule has 0 atom stereocenters. The molecule has 0 fully saturated rings. The summed E-state index contributed by atoms with van der Waals surface area (Å²) < 4.78 is 18.2. The third kappa shape index (κ3) is 3.63. The highest BCUT2D eigenvalue weighted by Gasteiger charge is 2.27. The van der Waals surface area contributed by atoms with Gasteiger partial charge in [0, 0.05) is 10.6 Å². The van der Waals surface area contributed by atoms with Crippen molar-refractivity contribution in [3.63, 3.8) is 0 Å². The summed E-state index contributed by atoms with van der Waals surface area (Å²) in [6.45, 7) is 3.28. The lowest BCUT2D eigenvalue weighted by Gasteiger charge is -2.18. The van der Waals surface area contributed by atoms with Gasteiger partial charge in [0.1, 0.15) is 0 Å². The molecule has 0 aliphatic heterocycles. The van der Waals surface area contributed by atoms with Gasteiger partial charge in [-0.1, -0.05) is 0 Å². The van der Waals surface area contributed by atoms with Crippen molar-refractivity contribution >= 4 is 17.7 Å². The Balaban J connectivity index is 2.71. The average Bonchev–Trinajstić information content (AvgIpc) is 2.26. The van der Waals surface area contributed by atoms with Gasteiger partial charge in [-0.25, -0.2) is 4.39 Å². The molecule has 1 aromatic carbocycles. The Morgan fingerprint density at radius 3 is 2.65 bits per heavy atom. The molecule has 3 nitrogen and oxygen atoms in total. The van der Waals surface area contributed by atoms with Crippen LogP contribution in [0.2, 0.25) is 0 Å². The van der Waals surface area contributed by atoms with Crippen LogP contribution in [0.4, 0.5) is 4.39 Å². The Bertz CT molecular complexity index is 418. The van der Waals surface area contributed by atoms with Crippen LogP contribution in [0.25, 0.3) is 0 Å². The van der Waals surface area contributed by atoms with E-state index in [1.54, 1.807) is 19.9 Å². The van der Waals surface area contributed by atoms with E-state index in [2.05, 4.69) is 0 Å². The van der Waals surface area contributed by atoms with Crippen molar-refractivity contribution in [1.29, 1.82) is 0 Å². The SMILES string of the molecule is COc1ccc(SCC(C)(C)C(=O)O)cc1F. The van der Waals surface area contributed by atoms with Gasteiger partial charge < -0.3 is 9.84 Å². The van der Waals surface area contributed by atoms with Crippen LogP contribution in [0.15, 0.2) is 23.1 Å². The fraction of sp³-hybridized carbons (Fsp3) is 0.417. The molecule has 0 bridgehead atoms. The van der Waals surface area contributed by atoms with E-state index in [9.17, 15) is 9.18 Å². The van der Waals surface area contributed by atoms with Gasteiger partial charge in [0.25, 0.3) is 0 Å². The van der Waals surface area contributed by atoms with Crippen LogP contribution in [0.5, 0.6) is 5.75 Å². The van der Waals surface area contributed by atoms with Crippen LogP contribution in [0.3, 0.4) is 0 Å². The molecule has 94 valence electrons. The fourth-order valence-electron chi connectivity index (χ4n) is 1.06. The number of halogens is 1. The molecular weight excluding hydrogens is 243 g/mol. The van der Waals surface area contributed by atoms with Crippen molar-refractivity contribution in [2.24, 2.45) is 5.41 Å². The first-order valence-electron chi connectivity index (χ1n) is 5.06. The maximum atomic E-state index is 13.4. The molecule has 0 aliphatic carbocycles. The average molecular weight is 258 g/mol. The van der Waals surface area contributed by atoms with Gasteiger partial charge in [0.05, 0.1) is 12.5 Å². The van der Waals surface area contributed by atoms with Crippen molar-refractivity contribution in [2.45, 2.75) is 18.7 Å². The predicted molar refractivity (Wildman–Crippen MR) is 65.1 cm³/mol. The second-order valence-corrected chi connectivity index (χ2v) is 5.32. The topological polar surface area (TPSA) is 46.5 Å². The Morgan fingerprint density at radius 2 is 2.18 bits per heavy atom. The van der Waals surface area contributed by atoms with E-state index < -0.39 is 17.2 Å². The minimum Gasteiger partial charge on any atom is -0.494 e. The summed E-state index contributed by atoms with van der Waals surface area (Å²) >= 11 is 1.31. The van der Waals surface area contributed by atoms with Crippen LogP contribution in [-0.4, -0.2) is 23.9 Å². The zero-order valence-corrected chi connectivity index (χ0v) is 10.8. The second kappa shape index (κ2) is 5.40. The highest BCUT2D eigenvalue weighted by Crippen LogP contribution is 2.30. The molecule has 1 N–H and O–H groups in total. The van der Waals surface area contributed by atoms with Gasteiger partial charge in [0.15, 0.2) is 11.6 Å². The maximum absolute atomic E-state index is 13.4. The lowest BCUT2D eigenvalue weighted by Crippen LogP contribution is -2.26. The molecule has 0 unspecified atom stereocenters. The molecule has 0 saturated heterocycles. The van der Waals surface area contributed by atoms with Gasteiger partial charge >= 0.3 is 5.97 Å². The van der Waals surface area contributed by atoms with Gasteiger partial charge in [-0.3, -0.25) is 4.79 Å². The van der Waals surface area contributed by atoms with Crippen LogP contribution >= 0.6 is 11.8 Å². The predicted octanol–water partition coefficient (Wildman–Crippen LogP) is 3.04. The lowest BCUT2D eigenvalue weighted by molar-refractivity contribution is -0.145. The maximum Gasteiger partial charge on any atom is 0.309 e. The molecule has 0 amide bonds. The Hall–Kier alpha value is -1.23. The van der Waals surface area contributed by atoms with Crippen LogP contribution in [0.1, 0.15) is 13.8 Å². The molecule has 1 aromatic rings. The first kappa shape index (κ1) is 13.8. The molecule has 0 aliphatic rings. The van der Waals surface area contributed by atoms with Crippen molar-refractivity contribution in [1.82, 2.24) is 0 Å². The highest BCUT2D eigenvalue weighted by atomic mass is 32.2. The smallest absolute Gasteiger partial charge is 0.309 e. The Labute approximate surface area is 104 Å². The molecule has 17 heavy (non-hydrogen) atoms. The first-order chi connectivity index (χ1) is 7.86. The minimum atomic E-state index is -0.862. The first-order valence-corrected chi connectivity index (χ1v) is 6.05. The summed E-state index contributed by atoms with van der Waals surface area (Å²) in [5, 5.41) is 8.95. The van der Waals surface area contributed by atoms with E-state index in [1.165, 1.54) is 31.0 Å². The largest absolute Gasteiger partial charge is 0.494 e. The monoisotopic (exact) mass is 258 g/mol. The van der Waals surface area contributed by atoms with E-state index in [0.29, 0.717) is 10.6 Å². The van der Waals surface area contributed by atoms with E-state index in [4.69, 9.17) is 9.84 Å². The van der Waals surface area contributed by atoms with Crippen molar-refractivity contribution in [3.05, 3.63) is 24.0 Å². The number of methoxy groups -OCH3 is 1. The lowest BCUT2D eigenvalue weighted by atomic mass is 9.97. The molecule has 0 aromatic heterocycles. The molecule has 0 heterocycles. The third-order valence-electron chi connectivity index (χ3n) is 2.30. The molecule has 1 rings (SSSR count). The number of carbonyl (C=O) groups is 1. The standard InChI is InChI=1S/C12H15FO3S/c1-12(2,11(14)15)7-17-8-4-5-10(16-3)9(13)6-8/h4-6H,7H2,1-3H3,(H,14,15). The van der Waals surface area contributed by atoms with Crippen molar-refractivity contribution in [2.75, 3.05) is 12.9 Å². The molecular formula is C12H15FO3S. The number of rotatable bonds is 5. The highest BCUT2D eigenvalue weighted by molar-refractivity contribution is 7.99. The number of carboxylic acid groups (broad SMARTS) is 1. The van der Waals surface area contributed by atoms with Crippen molar-refractivity contribution in [3.8, 4) is 5.75 Å². The summed E-state index contributed by atoms with van der Waals surface area (Å²) in [5.74, 6) is -0.731. The normalized spacial score (nSPS) is 11.3. The quantitative estimate of drug-likeness (QED) is 0.825. The van der Waals surface area contributed by atoms with E-state index >= 15 is 0 Å². The van der Waals surface area contributed by atoms with Gasteiger partial charge in [0.2, 0.25) is 0 Å².